The lowest BCUT2D eigenvalue weighted by Gasteiger charge is -2.24. The Kier molecular flexibility index (Phi) is 5.55. The third-order valence-electron chi connectivity index (χ3n) is 3.40. The number of allylic oxidation sites excluding steroid dienone is 1. The van der Waals surface area contributed by atoms with Crippen molar-refractivity contribution in [1.82, 2.24) is 5.32 Å². The van der Waals surface area contributed by atoms with E-state index in [4.69, 9.17) is 0 Å². The second-order valence-corrected chi connectivity index (χ2v) is 5.86. The van der Waals surface area contributed by atoms with Gasteiger partial charge in [-0.25, -0.2) is 0 Å². The van der Waals surface area contributed by atoms with Gasteiger partial charge in [0.05, 0.1) is 34.5 Å². The molecule has 1 heterocycles. The molecule has 1 aliphatic heterocycles. The van der Waals surface area contributed by atoms with Crippen molar-refractivity contribution in [3.05, 3.63) is 50.5 Å². The molecule has 0 bridgehead atoms. The van der Waals surface area contributed by atoms with Crippen molar-refractivity contribution < 1.29 is 19.2 Å². The van der Waals surface area contributed by atoms with Crippen LogP contribution in [0.3, 0.4) is 0 Å². The lowest BCUT2D eigenvalue weighted by atomic mass is 9.87. The molecule has 1 aliphatic rings. The fraction of sp³-hybridized carbons (Fsp3) is 0.267. The highest BCUT2D eigenvalue weighted by Gasteiger charge is 2.30. The fourth-order valence-corrected chi connectivity index (χ4v) is 3.17. The van der Waals surface area contributed by atoms with Gasteiger partial charge < -0.3 is 10.1 Å². The molecule has 9 heteroatoms. The minimum Gasteiger partial charge on any atom is -0.468 e. The number of benzene rings is 1. The van der Waals surface area contributed by atoms with Crippen LogP contribution in [0.5, 0.6) is 0 Å². The Bertz CT molecular complexity index is 769. The molecule has 0 spiro atoms. The minimum atomic E-state index is -0.594. The molecule has 8 nitrogen and oxygen atoms in total. The zero-order chi connectivity index (χ0) is 17.7. The zero-order valence-corrected chi connectivity index (χ0v) is 13.5. The van der Waals surface area contributed by atoms with Gasteiger partial charge in [0, 0.05) is 24.5 Å². The van der Waals surface area contributed by atoms with Gasteiger partial charge in [-0.15, -0.1) is 0 Å². The molecule has 24 heavy (non-hydrogen) atoms. The van der Waals surface area contributed by atoms with E-state index in [-0.39, 0.29) is 34.4 Å². The lowest BCUT2D eigenvalue weighted by molar-refractivity contribution is -0.384. The van der Waals surface area contributed by atoms with E-state index in [1.165, 1.54) is 25.3 Å². The number of nitrogens with zero attached hydrogens (tertiary/aromatic N) is 2. The van der Waals surface area contributed by atoms with Gasteiger partial charge in [0.2, 0.25) is 5.91 Å². The van der Waals surface area contributed by atoms with Crippen molar-refractivity contribution in [3.63, 3.8) is 0 Å². The van der Waals surface area contributed by atoms with Gasteiger partial charge in [0.1, 0.15) is 0 Å². The van der Waals surface area contributed by atoms with Crippen LogP contribution in [0.1, 0.15) is 17.9 Å². The highest BCUT2D eigenvalue weighted by Crippen LogP contribution is 2.36. The molecule has 1 aromatic carbocycles. The quantitative estimate of drug-likeness (QED) is 0.490. The standard InChI is InChI=1S/C15H13N3O5S/c1-23-14(20)8-24-15-12(7-16)11(6-13(19)17-15)9-3-2-4-10(5-9)18(21)22/h2-5,11H,6,8H2,1H3,(H,17,19)/t11-/m0/s1. The molecular weight excluding hydrogens is 334 g/mol. The maximum absolute atomic E-state index is 11.9. The summed E-state index contributed by atoms with van der Waals surface area (Å²) in [6, 6.07) is 7.87. The third-order valence-corrected chi connectivity index (χ3v) is 4.39. The number of nitro groups is 1. The van der Waals surface area contributed by atoms with Crippen molar-refractivity contribution in [2.45, 2.75) is 12.3 Å². The van der Waals surface area contributed by atoms with Gasteiger partial charge in [0.25, 0.3) is 5.69 Å². The van der Waals surface area contributed by atoms with E-state index < -0.39 is 16.8 Å². The highest BCUT2D eigenvalue weighted by atomic mass is 32.2. The van der Waals surface area contributed by atoms with Crippen LogP contribution in [0.2, 0.25) is 0 Å². The smallest absolute Gasteiger partial charge is 0.316 e. The molecule has 0 aliphatic carbocycles. The summed E-state index contributed by atoms with van der Waals surface area (Å²) in [7, 11) is 1.24. The van der Waals surface area contributed by atoms with Crippen molar-refractivity contribution in [2.24, 2.45) is 0 Å². The monoisotopic (exact) mass is 347 g/mol. The molecule has 0 fully saturated rings. The summed E-state index contributed by atoms with van der Waals surface area (Å²) in [6.07, 6.45) is 0.00629. The van der Waals surface area contributed by atoms with Gasteiger partial charge in [-0.3, -0.25) is 19.7 Å². The topological polar surface area (TPSA) is 122 Å². The van der Waals surface area contributed by atoms with Crippen molar-refractivity contribution in [3.8, 4) is 6.07 Å². The number of nitro benzene ring substituents is 1. The van der Waals surface area contributed by atoms with E-state index >= 15 is 0 Å². The summed E-state index contributed by atoms with van der Waals surface area (Å²) in [6.45, 7) is 0. The Morgan fingerprint density at radius 3 is 2.96 bits per heavy atom. The number of esters is 1. The number of hydrogen-bond acceptors (Lipinski definition) is 7. The van der Waals surface area contributed by atoms with Crippen LogP contribution in [0.4, 0.5) is 5.69 Å². The number of carbonyl (C=O) groups excluding carboxylic acids is 2. The van der Waals surface area contributed by atoms with Crippen LogP contribution < -0.4 is 5.32 Å². The van der Waals surface area contributed by atoms with Gasteiger partial charge in [-0.05, 0) is 5.56 Å². The zero-order valence-electron chi connectivity index (χ0n) is 12.6. The lowest BCUT2D eigenvalue weighted by Crippen LogP contribution is -2.31. The molecule has 1 N–H and O–H groups in total. The molecule has 0 unspecified atom stereocenters. The van der Waals surface area contributed by atoms with Crippen LogP contribution in [0.15, 0.2) is 34.9 Å². The molecule has 1 atom stereocenters. The summed E-state index contributed by atoms with van der Waals surface area (Å²) < 4.78 is 4.54. The molecular formula is C15H13N3O5S. The van der Waals surface area contributed by atoms with Gasteiger partial charge in [0.15, 0.2) is 0 Å². The van der Waals surface area contributed by atoms with Gasteiger partial charge >= 0.3 is 5.97 Å². The summed E-state index contributed by atoms with van der Waals surface area (Å²) in [4.78, 5) is 33.6. The van der Waals surface area contributed by atoms with E-state index in [2.05, 4.69) is 10.1 Å². The number of hydrogen-bond donors (Lipinski definition) is 1. The molecule has 2 rings (SSSR count). The number of carbonyl (C=O) groups is 2. The number of rotatable bonds is 5. The van der Waals surface area contributed by atoms with Crippen LogP contribution in [-0.2, 0) is 14.3 Å². The molecule has 124 valence electrons. The predicted octanol–water partition coefficient (Wildman–Crippen LogP) is 1.84. The molecule has 0 aromatic heterocycles. The number of thioether (sulfide) groups is 1. The third kappa shape index (κ3) is 3.91. The number of nitriles is 1. The van der Waals surface area contributed by atoms with Crippen LogP contribution >= 0.6 is 11.8 Å². The predicted molar refractivity (Wildman–Crippen MR) is 85.7 cm³/mol. The number of ether oxygens (including phenoxy) is 1. The highest BCUT2D eigenvalue weighted by molar-refractivity contribution is 8.03. The number of methoxy groups -OCH3 is 1. The number of amides is 1. The van der Waals surface area contributed by atoms with E-state index in [0.29, 0.717) is 5.56 Å². The summed E-state index contributed by atoms with van der Waals surface area (Å²) in [5, 5.41) is 23.2. The molecule has 1 amide bonds. The van der Waals surface area contributed by atoms with E-state index in [1.54, 1.807) is 6.07 Å². The van der Waals surface area contributed by atoms with Crippen molar-refractivity contribution in [1.29, 1.82) is 5.26 Å². The SMILES string of the molecule is COC(=O)CSC1=C(C#N)[C@H](c2cccc([N+](=O)[O-])c2)CC(=O)N1. The Morgan fingerprint density at radius 2 is 2.33 bits per heavy atom. The Labute approximate surface area is 141 Å². The second kappa shape index (κ2) is 7.61. The molecule has 1 aromatic rings. The van der Waals surface area contributed by atoms with E-state index in [9.17, 15) is 25.0 Å². The van der Waals surface area contributed by atoms with Gasteiger partial charge in [-0.1, -0.05) is 23.9 Å². The first kappa shape index (κ1) is 17.5. The normalized spacial score (nSPS) is 17.0. The fourth-order valence-electron chi connectivity index (χ4n) is 2.26. The molecule has 0 saturated carbocycles. The van der Waals surface area contributed by atoms with Crippen molar-refractivity contribution in [2.75, 3.05) is 12.9 Å². The summed E-state index contributed by atoms with van der Waals surface area (Å²) >= 11 is 0.992. The summed E-state index contributed by atoms with van der Waals surface area (Å²) in [5.74, 6) is -1.46. The van der Waals surface area contributed by atoms with Crippen LogP contribution in [0.25, 0.3) is 0 Å². The maximum Gasteiger partial charge on any atom is 0.316 e. The van der Waals surface area contributed by atoms with Crippen LogP contribution in [0, 0.1) is 21.4 Å². The Hall–Kier alpha value is -2.86. The first-order chi connectivity index (χ1) is 11.5. The molecule has 0 saturated heterocycles. The van der Waals surface area contributed by atoms with E-state index in [0.717, 1.165) is 11.8 Å². The van der Waals surface area contributed by atoms with E-state index in [1.807, 2.05) is 6.07 Å². The first-order valence-corrected chi connectivity index (χ1v) is 7.83. The van der Waals surface area contributed by atoms with Crippen molar-refractivity contribution >= 4 is 29.3 Å². The number of nitrogens with one attached hydrogen (secondary N) is 1. The maximum atomic E-state index is 11.9. The average molecular weight is 347 g/mol. The largest absolute Gasteiger partial charge is 0.468 e. The van der Waals surface area contributed by atoms with Gasteiger partial charge in [-0.2, -0.15) is 5.26 Å². The average Bonchev–Trinajstić information content (AvgIpc) is 2.59. The minimum absolute atomic E-state index is 0.00629. The Balaban J connectivity index is 2.38. The molecule has 0 radical (unpaired) electrons. The second-order valence-electron chi connectivity index (χ2n) is 4.88. The number of non-ortho nitro benzene ring substituents is 1. The van der Waals surface area contributed by atoms with Crippen LogP contribution in [-0.4, -0.2) is 29.7 Å². The first-order valence-electron chi connectivity index (χ1n) is 6.84. The summed E-state index contributed by atoms with van der Waals surface area (Å²) in [5.41, 5.74) is 0.662. The Morgan fingerprint density at radius 1 is 1.58 bits per heavy atom.